The number of carbonyl (C=O) groups is 3. The number of nitrogens with one attached hydrogen (secondary N) is 2. The molecule has 2 amide bonds. The van der Waals surface area contributed by atoms with Crippen LogP contribution in [-0.4, -0.2) is 45.5 Å². The van der Waals surface area contributed by atoms with E-state index in [1.165, 1.54) is 19.3 Å². The van der Waals surface area contributed by atoms with E-state index in [0.29, 0.717) is 6.54 Å². The number of amides is 2. The summed E-state index contributed by atoms with van der Waals surface area (Å²) in [6, 6.07) is 0. The van der Waals surface area contributed by atoms with Crippen LogP contribution in [0, 0.1) is 0 Å². The largest absolute Gasteiger partial charge is 0.466 e. The van der Waals surface area contributed by atoms with Gasteiger partial charge in [0.2, 0.25) is 0 Å². The molecule has 1 heterocycles. The van der Waals surface area contributed by atoms with Gasteiger partial charge in [-0.3, -0.25) is 9.59 Å². The van der Waals surface area contributed by atoms with Crippen molar-refractivity contribution in [2.24, 2.45) is 0 Å². The zero-order valence-electron chi connectivity index (χ0n) is 18.8. The Morgan fingerprint density at radius 3 is 2.07 bits per heavy atom. The highest BCUT2D eigenvalue weighted by Gasteiger charge is 2.28. The minimum Gasteiger partial charge on any atom is -0.466 e. The molecule has 8 heteroatoms. The number of ether oxygens (including phenoxy) is 1. The van der Waals surface area contributed by atoms with Crippen LogP contribution in [0.5, 0.6) is 0 Å². The number of esters is 1. The number of hydrogen-bond donors (Lipinski definition) is 2. The van der Waals surface area contributed by atoms with Gasteiger partial charge < -0.3 is 19.9 Å². The van der Waals surface area contributed by atoms with Gasteiger partial charge in [-0.2, -0.15) is 0 Å². The molecule has 1 aromatic heterocycles. The van der Waals surface area contributed by atoms with E-state index in [-0.39, 0.29) is 29.0 Å². The lowest BCUT2D eigenvalue weighted by Crippen LogP contribution is -2.43. The van der Waals surface area contributed by atoms with Crippen molar-refractivity contribution < 1.29 is 19.1 Å². The van der Waals surface area contributed by atoms with Gasteiger partial charge in [-0.15, -0.1) is 0 Å². The summed E-state index contributed by atoms with van der Waals surface area (Å²) in [4.78, 5) is 41.9. The Labute approximate surface area is 173 Å². The molecule has 0 saturated carbocycles. The first-order valence-corrected chi connectivity index (χ1v) is 9.80. The zero-order chi connectivity index (χ0) is 22.4. The van der Waals surface area contributed by atoms with Crippen molar-refractivity contribution in [2.75, 3.05) is 7.11 Å². The lowest BCUT2D eigenvalue weighted by atomic mass is 10.1. The quantitative estimate of drug-likeness (QED) is 0.535. The molecular formula is C21H34N4O4. The summed E-state index contributed by atoms with van der Waals surface area (Å²) in [6.07, 6.45) is 4.24. The second-order valence-corrected chi connectivity index (χ2v) is 8.94. The highest BCUT2D eigenvalue weighted by atomic mass is 16.5. The van der Waals surface area contributed by atoms with Crippen LogP contribution < -0.4 is 10.6 Å². The Morgan fingerprint density at radius 1 is 1.03 bits per heavy atom. The van der Waals surface area contributed by atoms with Crippen molar-refractivity contribution in [3.63, 3.8) is 0 Å². The molecule has 0 aromatic carbocycles. The Morgan fingerprint density at radius 2 is 1.59 bits per heavy atom. The average Bonchev–Trinajstić information content (AvgIpc) is 2.93. The van der Waals surface area contributed by atoms with Gasteiger partial charge in [0.15, 0.2) is 5.82 Å². The van der Waals surface area contributed by atoms with Crippen LogP contribution in [0.1, 0.15) is 88.1 Å². The maximum Gasteiger partial charge on any atom is 0.330 e. The third kappa shape index (κ3) is 7.71. The predicted octanol–water partition coefficient (Wildman–Crippen LogP) is 2.93. The van der Waals surface area contributed by atoms with Crippen molar-refractivity contribution >= 4 is 23.9 Å². The standard InChI is InChI=1S/C21H34N4O4/c1-9-10-13-25-16(18(27)23-20(2,3)4)14(11-12-15(26)29-8)22-17(25)19(28)24-21(5,6)7/h11-12H,9-10,13H2,1-8H3,(H,23,27)(H,24,28)/b12-11+. The van der Waals surface area contributed by atoms with E-state index < -0.39 is 17.0 Å². The Balaban J connectivity index is 3.58. The number of rotatable bonds is 7. The van der Waals surface area contributed by atoms with Crippen molar-refractivity contribution in [3.8, 4) is 0 Å². The van der Waals surface area contributed by atoms with Gasteiger partial charge >= 0.3 is 5.97 Å². The molecule has 0 aliphatic heterocycles. The third-order valence-corrected chi connectivity index (χ3v) is 3.70. The van der Waals surface area contributed by atoms with E-state index in [2.05, 4.69) is 20.4 Å². The van der Waals surface area contributed by atoms with Gasteiger partial charge in [0, 0.05) is 23.7 Å². The number of hydrogen-bond acceptors (Lipinski definition) is 5. The van der Waals surface area contributed by atoms with E-state index in [1.807, 2.05) is 48.5 Å². The number of carbonyl (C=O) groups excluding carboxylic acids is 3. The smallest absolute Gasteiger partial charge is 0.330 e. The minimum atomic E-state index is -0.573. The second kappa shape index (κ2) is 9.71. The first-order valence-electron chi connectivity index (χ1n) is 9.80. The first-order chi connectivity index (χ1) is 13.3. The molecule has 0 spiro atoms. The van der Waals surface area contributed by atoms with E-state index in [1.54, 1.807) is 4.57 Å². The van der Waals surface area contributed by atoms with Crippen LogP contribution in [-0.2, 0) is 16.1 Å². The van der Waals surface area contributed by atoms with Gasteiger partial charge in [0.25, 0.3) is 11.8 Å². The molecule has 0 aliphatic carbocycles. The molecule has 1 aromatic rings. The van der Waals surface area contributed by atoms with Gasteiger partial charge in [-0.25, -0.2) is 9.78 Å². The van der Waals surface area contributed by atoms with Gasteiger partial charge in [0.1, 0.15) is 5.69 Å². The first kappa shape index (κ1) is 24.4. The summed E-state index contributed by atoms with van der Waals surface area (Å²) in [5.74, 6) is -1.18. The van der Waals surface area contributed by atoms with Crippen LogP contribution in [0.25, 0.3) is 6.08 Å². The zero-order valence-corrected chi connectivity index (χ0v) is 18.8. The molecular weight excluding hydrogens is 372 g/mol. The lowest BCUT2D eigenvalue weighted by molar-refractivity contribution is -0.134. The normalized spacial score (nSPS) is 12.1. The second-order valence-electron chi connectivity index (χ2n) is 8.94. The molecule has 29 heavy (non-hydrogen) atoms. The fourth-order valence-corrected chi connectivity index (χ4v) is 2.55. The Bertz CT molecular complexity index is 780. The molecule has 162 valence electrons. The molecule has 0 atom stereocenters. The number of nitrogens with zero attached hydrogens (tertiary/aromatic N) is 2. The van der Waals surface area contributed by atoms with Gasteiger partial charge in [-0.1, -0.05) is 13.3 Å². The number of unbranched alkanes of at least 4 members (excludes halogenated alkanes) is 1. The summed E-state index contributed by atoms with van der Waals surface area (Å²) in [5.41, 5.74) is -0.456. The fraction of sp³-hybridized carbons (Fsp3) is 0.619. The summed E-state index contributed by atoms with van der Waals surface area (Å²) >= 11 is 0. The molecule has 1 rings (SSSR count). The topological polar surface area (TPSA) is 102 Å². The van der Waals surface area contributed by atoms with E-state index in [0.717, 1.165) is 12.8 Å². The highest BCUT2D eigenvalue weighted by Crippen LogP contribution is 2.18. The summed E-state index contributed by atoms with van der Waals surface area (Å²) in [6.45, 7) is 13.7. The summed E-state index contributed by atoms with van der Waals surface area (Å²) in [5, 5.41) is 5.80. The van der Waals surface area contributed by atoms with Crippen LogP contribution in [0.4, 0.5) is 0 Å². The van der Waals surface area contributed by atoms with Crippen molar-refractivity contribution in [2.45, 2.75) is 78.9 Å². The molecule has 2 N–H and O–H groups in total. The third-order valence-electron chi connectivity index (χ3n) is 3.70. The van der Waals surface area contributed by atoms with Crippen molar-refractivity contribution in [1.82, 2.24) is 20.2 Å². The maximum atomic E-state index is 13.0. The van der Waals surface area contributed by atoms with Crippen LogP contribution >= 0.6 is 0 Å². The summed E-state index contributed by atoms with van der Waals surface area (Å²) < 4.78 is 6.26. The monoisotopic (exact) mass is 406 g/mol. The molecule has 8 nitrogen and oxygen atoms in total. The van der Waals surface area contributed by atoms with Crippen molar-refractivity contribution in [3.05, 3.63) is 23.3 Å². The van der Waals surface area contributed by atoms with Gasteiger partial charge in [0.05, 0.1) is 12.8 Å². The van der Waals surface area contributed by atoms with Crippen LogP contribution in [0.3, 0.4) is 0 Å². The van der Waals surface area contributed by atoms with E-state index >= 15 is 0 Å². The molecule has 0 saturated heterocycles. The molecule has 0 bridgehead atoms. The van der Waals surface area contributed by atoms with E-state index in [9.17, 15) is 14.4 Å². The highest BCUT2D eigenvalue weighted by molar-refractivity contribution is 6.00. The maximum absolute atomic E-state index is 13.0. The average molecular weight is 407 g/mol. The number of imidazole rings is 1. The Hall–Kier alpha value is -2.64. The van der Waals surface area contributed by atoms with Crippen LogP contribution in [0.15, 0.2) is 6.08 Å². The van der Waals surface area contributed by atoms with Crippen molar-refractivity contribution in [1.29, 1.82) is 0 Å². The predicted molar refractivity (Wildman–Crippen MR) is 113 cm³/mol. The number of methoxy groups -OCH3 is 1. The minimum absolute atomic E-state index is 0.136. The van der Waals surface area contributed by atoms with E-state index in [4.69, 9.17) is 0 Å². The van der Waals surface area contributed by atoms with Crippen LogP contribution in [0.2, 0.25) is 0 Å². The lowest BCUT2D eigenvalue weighted by Gasteiger charge is -2.22. The molecule has 0 aliphatic rings. The van der Waals surface area contributed by atoms with Gasteiger partial charge in [-0.05, 0) is 54.0 Å². The molecule has 0 unspecified atom stereocenters. The molecule has 0 radical (unpaired) electrons. The fourth-order valence-electron chi connectivity index (χ4n) is 2.55. The SMILES string of the molecule is CCCCn1c(C(=O)NC(C)(C)C)nc(/C=C/C(=O)OC)c1C(=O)NC(C)(C)C. The summed E-state index contributed by atoms with van der Waals surface area (Å²) in [7, 11) is 1.27. The Kier molecular flexibility index (Phi) is 8.17. The number of aromatic nitrogens is 2. The molecule has 0 fully saturated rings.